The number of aryl methyl sites for hydroxylation is 1. The molecule has 2 unspecified atom stereocenters. The van der Waals surface area contributed by atoms with Crippen molar-refractivity contribution >= 4 is 17.9 Å². The van der Waals surface area contributed by atoms with Gasteiger partial charge in [-0.05, 0) is 51.7 Å². The number of aliphatic hydroxyl groups excluding tert-OH is 1. The van der Waals surface area contributed by atoms with Crippen molar-refractivity contribution in [3.8, 4) is 0 Å². The molecule has 0 aromatic heterocycles. The molecule has 0 aliphatic carbocycles. The minimum Gasteiger partial charge on any atom is -0.444 e. The second-order valence-electron chi connectivity index (χ2n) is 9.52. The Hall–Kier alpha value is -2.61. The lowest BCUT2D eigenvalue weighted by Crippen LogP contribution is -2.54. The van der Waals surface area contributed by atoms with Gasteiger partial charge in [0.15, 0.2) is 0 Å². The molecule has 34 heavy (non-hydrogen) atoms. The average Bonchev–Trinajstić information content (AvgIpc) is 2.77. The smallest absolute Gasteiger partial charge is 0.408 e. The van der Waals surface area contributed by atoms with E-state index >= 15 is 0 Å². The van der Waals surface area contributed by atoms with Crippen LogP contribution in [0.4, 0.5) is 4.79 Å². The van der Waals surface area contributed by atoms with Crippen LogP contribution in [0.1, 0.15) is 83.9 Å². The number of unbranched alkanes of at least 4 members (excludes halogenated alkanes) is 3. The van der Waals surface area contributed by atoms with Gasteiger partial charge in [0.1, 0.15) is 17.7 Å². The first-order valence-corrected chi connectivity index (χ1v) is 12.3. The number of ether oxygens (including phenoxy) is 1. The van der Waals surface area contributed by atoms with E-state index in [1.54, 1.807) is 20.8 Å². The summed E-state index contributed by atoms with van der Waals surface area (Å²) < 4.78 is 5.26. The Labute approximate surface area is 204 Å². The van der Waals surface area contributed by atoms with E-state index in [0.717, 1.165) is 31.2 Å². The number of nitrogens with zero attached hydrogens (tertiary/aromatic N) is 1. The average molecular weight is 478 g/mol. The molecule has 1 aromatic carbocycles. The van der Waals surface area contributed by atoms with Gasteiger partial charge in [0.2, 0.25) is 11.8 Å². The summed E-state index contributed by atoms with van der Waals surface area (Å²) in [4.78, 5) is 40.8. The first-order chi connectivity index (χ1) is 16.1. The fourth-order valence-corrected chi connectivity index (χ4v) is 3.56. The van der Waals surface area contributed by atoms with Crippen molar-refractivity contribution in [1.82, 2.24) is 15.5 Å². The SMILES string of the molecule is CCCCCNC(=O)C(c1ccccc1C)N(CCCC)C(=O)C(CO)NC(=O)OC(C)(C)C. The molecule has 8 heteroatoms. The summed E-state index contributed by atoms with van der Waals surface area (Å²) in [6, 6.07) is 5.35. The van der Waals surface area contributed by atoms with Crippen LogP contribution in [0.25, 0.3) is 0 Å². The quantitative estimate of drug-likeness (QED) is 0.374. The monoisotopic (exact) mass is 477 g/mol. The number of nitrogens with one attached hydrogen (secondary N) is 2. The molecule has 0 spiro atoms. The number of alkyl carbamates (subject to hydrolysis) is 1. The fraction of sp³-hybridized carbons (Fsp3) is 0.654. The Balaban J connectivity index is 3.29. The van der Waals surface area contributed by atoms with E-state index in [1.807, 2.05) is 38.1 Å². The van der Waals surface area contributed by atoms with E-state index in [2.05, 4.69) is 17.6 Å². The molecule has 1 aromatic rings. The lowest BCUT2D eigenvalue weighted by molar-refractivity contribution is -0.143. The molecule has 192 valence electrons. The molecule has 3 amide bonds. The van der Waals surface area contributed by atoms with Gasteiger partial charge < -0.3 is 25.4 Å². The Kier molecular flexibility index (Phi) is 12.6. The summed E-state index contributed by atoms with van der Waals surface area (Å²) in [6.45, 7) is 11.4. The van der Waals surface area contributed by atoms with Crippen molar-refractivity contribution in [1.29, 1.82) is 0 Å². The van der Waals surface area contributed by atoms with Crippen LogP contribution in [0.5, 0.6) is 0 Å². The molecule has 0 radical (unpaired) electrons. The molecule has 0 bridgehead atoms. The highest BCUT2D eigenvalue weighted by molar-refractivity contribution is 5.92. The van der Waals surface area contributed by atoms with E-state index in [-0.39, 0.29) is 5.91 Å². The number of benzene rings is 1. The molecule has 3 N–H and O–H groups in total. The zero-order valence-electron chi connectivity index (χ0n) is 21.6. The lowest BCUT2D eigenvalue weighted by Gasteiger charge is -2.34. The Morgan fingerprint density at radius 3 is 2.26 bits per heavy atom. The molecule has 0 aliphatic heterocycles. The van der Waals surface area contributed by atoms with Crippen molar-refractivity contribution in [2.75, 3.05) is 19.7 Å². The number of carbonyl (C=O) groups is 3. The molecule has 2 atom stereocenters. The molecule has 0 saturated carbocycles. The highest BCUT2D eigenvalue weighted by atomic mass is 16.6. The molecule has 0 fully saturated rings. The van der Waals surface area contributed by atoms with Gasteiger partial charge in [-0.25, -0.2) is 4.79 Å². The Morgan fingerprint density at radius 1 is 1.06 bits per heavy atom. The van der Waals surface area contributed by atoms with E-state index < -0.39 is 36.3 Å². The van der Waals surface area contributed by atoms with Crippen molar-refractivity contribution in [3.63, 3.8) is 0 Å². The van der Waals surface area contributed by atoms with E-state index in [9.17, 15) is 19.5 Å². The van der Waals surface area contributed by atoms with Crippen LogP contribution in [0.3, 0.4) is 0 Å². The number of aliphatic hydroxyl groups is 1. The zero-order valence-corrected chi connectivity index (χ0v) is 21.6. The summed E-state index contributed by atoms with van der Waals surface area (Å²) in [5.74, 6) is -0.803. The van der Waals surface area contributed by atoms with Gasteiger partial charge in [-0.3, -0.25) is 9.59 Å². The molecule has 0 saturated heterocycles. The highest BCUT2D eigenvalue weighted by Crippen LogP contribution is 2.26. The maximum absolute atomic E-state index is 13.6. The van der Waals surface area contributed by atoms with Crippen molar-refractivity contribution in [2.24, 2.45) is 0 Å². The number of carbonyl (C=O) groups excluding carboxylic acids is 3. The van der Waals surface area contributed by atoms with Crippen LogP contribution in [0.2, 0.25) is 0 Å². The summed E-state index contributed by atoms with van der Waals surface area (Å²) in [6.07, 6.45) is 3.57. The summed E-state index contributed by atoms with van der Waals surface area (Å²) in [5.41, 5.74) is 0.844. The van der Waals surface area contributed by atoms with Gasteiger partial charge in [0.05, 0.1) is 6.61 Å². The third kappa shape index (κ3) is 9.71. The molecular weight excluding hydrogens is 434 g/mol. The number of rotatable bonds is 13. The van der Waals surface area contributed by atoms with Crippen LogP contribution in [0, 0.1) is 6.92 Å². The van der Waals surface area contributed by atoms with Crippen LogP contribution >= 0.6 is 0 Å². The molecule has 1 rings (SSSR count). The predicted molar refractivity (Wildman–Crippen MR) is 133 cm³/mol. The van der Waals surface area contributed by atoms with Gasteiger partial charge in [-0.2, -0.15) is 0 Å². The van der Waals surface area contributed by atoms with Gasteiger partial charge in [0.25, 0.3) is 0 Å². The first kappa shape index (κ1) is 29.4. The largest absolute Gasteiger partial charge is 0.444 e. The van der Waals surface area contributed by atoms with E-state index in [1.165, 1.54) is 4.90 Å². The minimum absolute atomic E-state index is 0.274. The molecule has 8 nitrogen and oxygen atoms in total. The standard InChI is InChI=1S/C26H43N3O5/c1-7-9-13-16-27-23(31)22(20-15-12-11-14-19(20)3)29(17-10-8-2)24(32)21(18-30)28-25(33)34-26(4,5)6/h11-12,14-15,21-22,30H,7-10,13,16-18H2,1-6H3,(H,27,31)(H,28,33). The zero-order chi connectivity index (χ0) is 25.7. The van der Waals surface area contributed by atoms with Crippen molar-refractivity contribution in [3.05, 3.63) is 35.4 Å². The summed E-state index contributed by atoms with van der Waals surface area (Å²) >= 11 is 0. The Bertz CT molecular complexity index is 791. The van der Waals surface area contributed by atoms with Gasteiger partial charge in [-0.15, -0.1) is 0 Å². The second kappa shape index (κ2) is 14.6. The molecular formula is C26H43N3O5. The van der Waals surface area contributed by atoms with Crippen molar-refractivity contribution < 1.29 is 24.2 Å². The minimum atomic E-state index is -1.23. The van der Waals surface area contributed by atoms with Crippen LogP contribution in [-0.4, -0.2) is 59.3 Å². The maximum Gasteiger partial charge on any atom is 0.408 e. The van der Waals surface area contributed by atoms with E-state index in [0.29, 0.717) is 25.1 Å². The third-order valence-electron chi connectivity index (χ3n) is 5.33. The van der Waals surface area contributed by atoms with Crippen LogP contribution in [-0.2, 0) is 14.3 Å². The predicted octanol–water partition coefficient (Wildman–Crippen LogP) is 3.86. The first-order valence-electron chi connectivity index (χ1n) is 12.3. The summed E-state index contributed by atoms with van der Waals surface area (Å²) in [5, 5.41) is 15.4. The molecule has 0 aliphatic rings. The van der Waals surface area contributed by atoms with E-state index in [4.69, 9.17) is 4.74 Å². The number of hydrogen-bond donors (Lipinski definition) is 3. The maximum atomic E-state index is 13.6. The topological polar surface area (TPSA) is 108 Å². The Morgan fingerprint density at radius 2 is 1.71 bits per heavy atom. The van der Waals surface area contributed by atoms with Crippen LogP contribution in [0.15, 0.2) is 24.3 Å². The van der Waals surface area contributed by atoms with Crippen molar-refractivity contribution in [2.45, 2.75) is 91.3 Å². The highest BCUT2D eigenvalue weighted by Gasteiger charge is 2.36. The number of hydrogen-bond acceptors (Lipinski definition) is 5. The number of amides is 3. The third-order valence-corrected chi connectivity index (χ3v) is 5.33. The summed E-state index contributed by atoms with van der Waals surface area (Å²) in [7, 11) is 0. The van der Waals surface area contributed by atoms with Crippen LogP contribution < -0.4 is 10.6 Å². The second-order valence-corrected chi connectivity index (χ2v) is 9.52. The molecule has 0 heterocycles. The van der Waals surface area contributed by atoms with Gasteiger partial charge in [0, 0.05) is 13.1 Å². The fourth-order valence-electron chi connectivity index (χ4n) is 3.56. The van der Waals surface area contributed by atoms with Gasteiger partial charge >= 0.3 is 6.09 Å². The normalized spacial score (nSPS) is 13.0. The lowest BCUT2D eigenvalue weighted by atomic mass is 9.97. The van der Waals surface area contributed by atoms with Gasteiger partial charge in [-0.1, -0.05) is 57.4 Å².